The number of anilines is 2. The predicted molar refractivity (Wildman–Crippen MR) is 153 cm³/mol. The Bertz CT molecular complexity index is 1540. The maximum absolute atomic E-state index is 13.5. The quantitative estimate of drug-likeness (QED) is 0.177. The highest BCUT2D eigenvalue weighted by molar-refractivity contribution is 7.98. The van der Waals surface area contributed by atoms with E-state index < -0.39 is 0 Å². The largest absolute Gasteiger partial charge is 0.489 e. The molecule has 5 rings (SSSR count). The van der Waals surface area contributed by atoms with Crippen molar-refractivity contribution < 1.29 is 13.5 Å². The van der Waals surface area contributed by atoms with Crippen LogP contribution in [-0.4, -0.2) is 28.5 Å². The van der Waals surface area contributed by atoms with Crippen molar-refractivity contribution in [3.8, 4) is 17.1 Å². The van der Waals surface area contributed by atoms with Crippen LogP contribution in [0.15, 0.2) is 83.5 Å². The van der Waals surface area contributed by atoms with Crippen molar-refractivity contribution in [2.75, 3.05) is 23.9 Å². The molecule has 0 aliphatic carbocycles. The van der Waals surface area contributed by atoms with E-state index in [-0.39, 0.29) is 5.82 Å². The van der Waals surface area contributed by atoms with E-state index in [0.29, 0.717) is 19.0 Å². The van der Waals surface area contributed by atoms with Gasteiger partial charge in [0.2, 0.25) is 0 Å². The van der Waals surface area contributed by atoms with Gasteiger partial charge in [-0.2, -0.15) is 11.8 Å². The molecule has 194 valence electrons. The third-order valence-electron chi connectivity index (χ3n) is 6.08. The number of aromatic nitrogens is 2. The third kappa shape index (κ3) is 6.33. The van der Waals surface area contributed by atoms with E-state index in [1.165, 1.54) is 12.1 Å². The summed E-state index contributed by atoms with van der Waals surface area (Å²) in [6.45, 7) is 3.92. The maximum atomic E-state index is 13.5. The lowest BCUT2D eigenvalue weighted by molar-refractivity contribution is 0.303. The molecule has 0 spiro atoms. The Hall–Kier alpha value is -3.88. The zero-order valence-corrected chi connectivity index (χ0v) is 22.1. The Morgan fingerprint density at radius 2 is 1.92 bits per heavy atom. The van der Waals surface area contributed by atoms with Crippen LogP contribution in [0.3, 0.4) is 0 Å². The number of nitrogens with zero attached hydrogens (tertiary/aromatic N) is 2. The Morgan fingerprint density at radius 1 is 1.00 bits per heavy atom. The molecule has 0 aliphatic heterocycles. The Balaban J connectivity index is 1.31. The lowest BCUT2D eigenvalue weighted by atomic mass is 10.1. The average Bonchev–Trinajstić information content (AvgIpc) is 3.40. The molecule has 0 aliphatic rings. The fourth-order valence-electron chi connectivity index (χ4n) is 4.14. The molecular weight excluding hydrogens is 499 g/mol. The molecule has 0 amide bonds. The molecule has 0 unspecified atom stereocenters. The number of thioether (sulfide) groups is 1. The molecule has 2 N–H and O–H groups in total. The van der Waals surface area contributed by atoms with Crippen LogP contribution in [0.2, 0.25) is 0 Å². The SMILES string of the molecule is CSCCNCc1ccc(-c2ccc3ncnc(Nc4ccc(OCc5cccc(F)c5)c(C)c4)c3c2)o1. The summed E-state index contributed by atoms with van der Waals surface area (Å²) in [6.07, 6.45) is 3.65. The van der Waals surface area contributed by atoms with Crippen molar-refractivity contribution in [3.63, 3.8) is 0 Å². The molecule has 3 aromatic carbocycles. The van der Waals surface area contributed by atoms with Gasteiger partial charge in [0.15, 0.2) is 0 Å². The van der Waals surface area contributed by atoms with Crippen LogP contribution in [0.4, 0.5) is 15.9 Å². The third-order valence-corrected chi connectivity index (χ3v) is 6.70. The zero-order chi connectivity index (χ0) is 26.3. The average molecular weight is 529 g/mol. The summed E-state index contributed by atoms with van der Waals surface area (Å²) in [4.78, 5) is 8.94. The molecule has 5 aromatic rings. The number of halogens is 1. The van der Waals surface area contributed by atoms with Gasteiger partial charge in [-0.15, -0.1) is 0 Å². The highest BCUT2D eigenvalue weighted by Gasteiger charge is 2.11. The van der Waals surface area contributed by atoms with Crippen LogP contribution >= 0.6 is 11.8 Å². The first-order valence-electron chi connectivity index (χ1n) is 12.4. The summed E-state index contributed by atoms with van der Waals surface area (Å²) in [5, 5.41) is 7.71. The number of nitrogens with one attached hydrogen (secondary N) is 2. The monoisotopic (exact) mass is 528 g/mol. The van der Waals surface area contributed by atoms with Crippen molar-refractivity contribution in [2.24, 2.45) is 0 Å². The van der Waals surface area contributed by atoms with Crippen molar-refractivity contribution in [1.82, 2.24) is 15.3 Å². The summed E-state index contributed by atoms with van der Waals surface area (Å²) in [6, 6.07) is 22.3. The zero-order valence-electron chi connectivity index (χ0n) is 21.3. The van der Waals surface area contributed by atoms with Crippen molar-refractivity contribution >= 4 is 34.2 Å². The standard InChI is InChI=1S/C30H29FN4O2S/c1-20-14-24(7-10-28(20)36-18-21-4-3-5-23(31)15-21)35-30-26-16-22(6-9-27(26)33-19-34-30)29-11-8-25(37-29)17-32-12-13-38-2/h3-11,14-16,19,32H,12-13,17-18H2,1-2H3,(H,33,34,35). The van der Waals surface area contributed by atoms with E-state index in [4.69, 9.17) is 9.15 Å². The first-order valence-corrected chi connectivity index (χ1v) is 13.8. The summed E-state index contributed by atoms with van der Waals surface area (Å²) in [5.41, 5.74) is 4.42. The van der Waals surface area contributed by atoms with Gasteiger partial charge in [0.1, 0.15) is 41.8 Å². The van der Waals surface area contributed by atoms with Crippen molar-refractivity contribution in [3.05, 3.63) is 102 Å². The van der Waals surface area contributed by atoms with E-state index in [1.807, 2.05) is 73.3 Å². The Kier molecular flexibility index (Phi) is 8.21. The van der Waals surface area contributed by atoms with Gasteiger partial charge in [0, 0.05) is 28.9 Å². The molecule has 2 heterocycles. The van der Waals surface area contributed by atoms with Crippen LogP contribution in [0.5, 0.6) is 5.75 Å². The number of benzene rings is 3. The normalized spacial score (nSPS) is 11.1. The first kappa shape index (κ1) is 25.8. The minimum Gasteiger partial charge on any atom is -0.489 e. The molecule has 0 fully saturated rings. The Labute approximate surface area is 225 Å². The number of ether oxygens (including phenoxy) is 1. The second-order valence-corrected chi connectivity index (χ2v) is 9.90. The molecule has 0 bridgehead atoms. The molecule has 8 heteroatoms. The second-order valence-electron chi connectivity index (χ2n) is 8.91. The highest BCUT2D eigenvalue weighted by atomic mass is 32.2. The number of furan rings is 1. The lowest BCUT2D eigenvalue weighted by Gasteiger charge is -2.13. The van der Waals surface area contributed by atoms with E-state index in [1.54, 1.807) is 12.4 Å². The van der Waals surface area contributed by atoms with Gasteiger partial charge < -0.3 is 19.8 Å². The van der Waals surface area contributed by atoms with Crippen LogP contribution in [0.25, 0.3) is 22.2 Å². The van der Waals surface area contributed by atoms with Crippen LogP contribution in [0, 0.1) is 12.7 Å². The van der Waals surface area contributed by atoms with Gasteiger partial charge in [-0.3, -0.25) is 0 Å². The maximum Gasteiger partial charge on any atom is 0.141 e. The van der Waals surface area contributed by atoms with Gasteiger partial charge in [0.05, 0.1) is 12.1 Å². The fourth-order valence-corrected chi connectivity index (χ4v) is 4.49. The summed E-state index contributed by atoms with van der Waals surface area (Å²) >= 11 is 1.82. The molecule has 6 nitrogen and oxygen atoms in total. The van der Waals surface area contributed by atoms with E-state index in [2.05, 4.69) is 26.9 Å². The predicted octanol–water partition coefficient (Wildman–Crippen LogP) is 7.11. The van der Waals surface area contributed by atoms with E-state index in [0.717, 1.165) is 62.8 Å². The van der Waals surface area contributed by atoms with E-state index in [9.17, 15) is 4.39 Å². The Morgan fingerprint density at radius 3 is 2.76 bits per heavy atom. The van der Waals surface area contributed by atoms with E-state index >= 15 is 0 Å². The molecule has 0 radical (unpaired) electrons. The summed E-state index contributed by atoms with van der Waals surface area (Å²) in [7, 11) is 0. The first-order chi connectivity index (χ1) is 18.6. The van der Waals surface area contributed by atoms with Crippen molar-refractivity contribution in [2.45, 2.75) is 20.1 Å². The number of fused-ring (bicyclic) bond motifs is 1. The summed E-state index contributed by atoms with van der Waals surface area (Å²) in [5.74, 6) is 3.95. The topological polar surface area (TPSA) is 72.2 Å². The molecule has 2 aromatic heterocycles. The fraction of sp³-hybridized carbons (Fsp3) is 0.200. The molecular formula is C30H29FN4O2S. The molecule has 0 saturated carbocycles. The smallest absolute Gasteiger partial charge is 0.141 e. The second kappa shape index (κ2) is 12.1. The molecule has 0 saturated heterocycles. The van der Waals surface area contributed by atoms with Gasteiger partial charge in [-0.05, 0) is 85.0 Å². The lowest BCUT2D eigenvalue weighted by Crippen LogP contribution is -2.15. The molecule has 38 heavy (non-hydrogen) atoms. The van der Waals surface area contributed by atoms with Crippen molar-refractivity contribution in [1.29, 1.82) is 0 Å². The number of aryl methyl sites for hydroxylation is 1. The minimum absolute atomic E-state index is 0.270. The van der Waals surface area contributed by atoms with Gasteiger partial charge >= 0.3 is 0 Å². The highest BCUT2D eigenvalue weighted by Crippen LogP contribution is 2.31. The number of hydrogen-bond acceptors (Lipinski definition) is 7. The van der Waals surface area contributed by atoms with Crippen LogP contribution in [0.1, 0.15) is 16.9 Å². The summed E-state index contributed by atoms with van der Waals surface area (Å²) < 4.78 is 25.5. The number of hydrogen-bond donors (Lipinski definition) is 2. The molecule has 0 atom stereocenters. The van der Waals surface area contributed by atoms with Crippen LogP contribution in [-0.2, 0) is 13.2 Å². The number of rotatable bonds is 11. The van der Waals surface area contributed by atoms with Gasteiger partial charge in [-0.25, -0.2) is 14.4 Å². The van der Waals surface area contributed by atoms with Gasteiger partial charge in [0.25, 0.3) is 0 Å². The minimum atomic E-state index is -0.270. The van der Waals surface area contributed by atoms with Crippen LogP contribution < -0.4 is 15.4 Å². The van der Waals surface area contributed by atoms with Gasteiger partial charge in [-0.1, -0.05) is 12.1 Å².